The first kappa shape index (κ1) is 27.6. The summed E-state index contributed by atoms with van der Waals surface area (Å²) in [6.07, 6.45) is 0. The van der Waals surface area contributed by atoms with Gasteiger partial charge in [-0.3, -0.25) is 33.8 Å². The van der Waals surface area contributed by atoms with Crippen LogP contribution in [0.5, 0.6) is 34.5 Å². The summed E-state index contributed by atoms with van der Waals surface area (Å²) in [7, 11) is 0. The Labute approximate surface area is 201 Å². The van der Waals surface area contributed by atoms with Crippen LogP contribution < -0.4 is 29.0 Å². The molecule has 0 spiro atoms. The number of benzene rings is 2. The Kier molecular flexibility index (Phi) is 8.09. The van der Waals surface area contributed by atoms with Gasteiger partial charge in [0.2, 0.25) is 0 Å². The van der Waals surface area contributed by atoms with E-state index in [1.807, 2.05) is 0 Å². The van der Waals surface area contributed by atoms with E-state index in [0.717, 1.165) is 0 Å². The van der Waals surface area contributed by atoms with E-state index < -0.39 is 81.9 Å². The van der Waals surface area contributed by atoms with Crippen molar-refractivity contribution in [2.45, 2.75) is 0 Å². The lowest BCUT2D eigenvalue weighted by Crippen LogP contribution is -2.16. The second-order valence-electron chi connectivity index (χ2n) is 5.79. The first-order valence-corrected chi connectivity index (χ1v) is 8.53. The van der Waals surface area contributed by atoms with Gasteiger partial charge >= 0.3 is 0 Å². The summed E-state index contributed by atoms with van der Waals surface area (Å²) in [5.74, 6) is -9.75. The van der Waals surface area contributed by atoms with Crippen LogP contribution in [0.25, 0.3) is 0 Å². The van der Waals surface area contributed by atoms with E-state index in [1.165, 1.54) is 0 Å². The third kappa shape index (κ3) is 6.91. The summed E-state index contributed by atoms with van der Waals surface area (Å²) < 4.78 is 0. The zero-order chi connectivity index (χ0) is 28.7. The number of ketones is 1. The molecule has 0 aromatic heterocycles. The van der Waals surface area contributed by atoms with Gasteiger partial charge in [-0.05, 0) is 24.3 Å². The third-order valence-electron chi connectivity index (χ3n) is 3.62. The average Bonchev–Trinajstić information content (AvgIpc) is 2.75. The maximum Gasteiger partial charge on any atom is 0.299 e. The van der Waals surface area contributed by atoms with Crippen LogP contribution in [0.1, 0.15) is 15.9 Å². The van der Waals surface area contributed by atoms with Gasteiger partial charge < -0.3 is 0 Å². The van der Waals surface area contributed by atoms with Gasteiger partial charge in [0.1, 0.15) is 0 Å². The Balaban J connectivity index is 2.85. The van der Waals surface area contributed by atoms with Crippen LogP contribution in [0.2, 0.25) is 0 Å². The molecule has 0 heterocycles. The minimum absolute atomic E-state index is 0.322. The summed E-state index contributed by atoms with van der Waals surface area (Å²) in [4.78, 5) is 102. The van der Waals surface area contributed by atoms with E-state index in [9.17, 15) is 65.5 Å². The molecule has 200 valence electrons. The van der Waals surface area contributed by atoms with Gasteiger partial charge in [0.15, 0.2) is 40.3 Å². The summed E-state index contributed by atoms with van der Waals surface area (Å²) in [5.41, 5.74) is -2.06. The van der Waals surface area contributed by atoms with E-state index in [1.54, 1.807) is 0 Å². The van der Waals surface area contributed by atoms with Crippen LogP contribution in [-0.4, -0.2) is 36.3 Å². The van der Waals surface area contributed by atoms with Crippen molar-refractivity contribution in [1.29, 1.82) is 0 Å². The molecule has 0 saturated carbocycles. The van der Waals surface area contributed by atoms with E-state index in [0.29, 0.717) is 24.3 Å². The molecule has 2 aromatic rings. The Bertz CT molecular complexity index is 1340. The van der Waals surface area contributed by atoms with Crippen molar-refractivity contribution in [1.82, 2.24) is 0 Å². The van der Waals surface area contributed by atoms with Crippen molar-refractivity contribution < 1.29 is 64.3 Å². The summed E-state index contributed by atoms with van der Waals surface area (Å²) in [6.45, 7) is 0. The van der Waals surface area contributed by atoms with Crippen molar-refractivity contribution in [3.8, 4) is 34.5 Å². The Morgan fingerprint density at radius 2 is 0.868 bits per heavy atom. The zero-order valence-electron chi connectivity index (χ0n) is 17.2. The molecule has 38 heavy (non-hydrogen) atoms. The minimum atomic E-state index is -1.63. The monoisotopic (exact) mass is 548 g/mol. The molecule has 2 rings (SSSR count). The van der Waals surface area contributed by atoms with E-state index >= 15 is 0 Å². The quantitative estimate of drug-likeness (QED) is 0.174. The Morgan fingerprint density at radius 3 is 1.29 bits per heavy atom. The van der Waals surface area contributed by atoms with Crippen molar-refractivity contribution in [2.75, 3.05) is 0 Å². The second-order valence-corrected chi connectivity index (χ2v) is 5.79. The fourth-order valence-corrected chi connectivity index (χ4v) is 2.53. The molecule has 0 N–H and O–H groups in total. The zero-order valence-corrected chi connectivity index (χ0v) is 17.2. The number of carbonyl (C=O) groups excluding carboxylic acids is 1. The van der Waals surface area contributed by atoms with E-state index in [4.69, 9.17) is 0 Å². The van der Waals surface area contributed by atoms with Gasteiger partial charge in [0.25, 0.3) is 30.5 Å². The molecule has 0 saturated heterocycles. The molecule has 2 aromatic carbocycles. The molecule has 25 heteroatoms. The number of rotatable bonds is 14. The van der Waals surface area contributed by atoms with Crippen LogP contribution in [-0.2, 0) is 0 Å². The Hall–Kier alpha value is -6.69. The number of nitrogens with zero attached hydrogens (tertiary/aromatic N) is 6. The maximum atomic E-state index is 13.1. The van der Waals surface area contributed by atoms with E-state index in [2.05, 4.69) is 29.0 Å². The van der Waals surface area contributed by atoms with Gasteiger partial charge in [-0.25, -0.2) is 0 Å². The van der Waals surface area contributed by atoms with Gasteiger partial charge in [0.05, 0.1) is 5.56 Å². The minimum Gasteiger partial charge on any atom is -0.289 e. The van der Waals surface area contributed by atoms with Gasteiger partial charge in [-0.15, -0.1) is 60.7 Å². The maximum absolute atomic E-state index is 13.1. The lowest BCUT2D eigenvalue weighted by molar-refractivity contribution is -0.727. The highest BCUT2D eigenvalue weighted by atomic mass is 17.0. The first-order valence-electron chi connectivity index (χ1n) is 8.53. The fraction of sp³-hybridized carbons (Fsp3) is 0. The molecule has 0 aliphatic rings. The lowest BCUT2D eigenvalue weighted by atomic mass is 10.0. The van der Waals surface area contributed by atoms with Crippen molar-refractivity contribution in [3.05, 3.63) is 96.1 Å². The molecule has 0 aliphatic heterocycles. The topological polar surface area (TPSA) is 331 Å². The summed E-state index contributed by atoms with van der Waals surface area (Å²) >= 11 is 0. The normalized spacial score (nSPS) is 9.89. The highest BCUT2D eigenvalue weighted by molar-refractivity contribution is 6.12. The molecule has 0 fully saturated rings. The molecule has 0 unspecified atom stereocenters. The smallest absolute Gasteiger partial charge is 0.289 e. The van der Waals surface area contributed by atoms with Crippen molar-refractivity contribution in [3.63, 3.8) is 0 Å². The van der Waals surface area contributed by atoms with Crippen LogP contribution >= 0.6 is 0 Å². The van der Waals surface area contributed by atoms with E-state index in [-0.39, 0.29) is 0 Å². The lowest BCUT2D eigenvalue weighted by Gasteiger charge is -2.15. The van der Waals surface area contributed by atoms with Gasteiger partial charge in [-0.1, -0.05) is 0 Å². The third-order valence-corrected chi connectivity index (χ3v) is 3.62. The molecule has 0 radical (unpaired) electrons. The summed E-state index contributed by atoms with van der Waals surface area (Å²) in [5, 5.41) is 55.2. The standard InChI is InChI=1S/C13H4N6O19/c20-10(5-3-8(34-15(23)24)12(37-18(29)30)9(4-5)35-16(25)26)6-1-2-7(33-14(21)22)13(38-19(31)32)11(6)36-17(27)28/h1-4H. The second kappa shape index (κ2) is 11.2. The van der Waals surface area contributed by atoms with Crippen molar-refractivity contribution >= 4 is 5.78 Å². The molecule has 0 bridgehead atoms. The number of hydrogen-bond acceptors (Lipinski definition) is 19. The number of hydrogen-bond donors (Lipinski definition) is 0. The van der Waals surface area contributed by atoms with Crippen LogP contribution in [0.4, 0.5) is 0 Å². The molecular weight excluding hydrogens is 544 g/mol. The Morgan fingerprint density at radius 1 is 0.500 bits per heavy atom. The predicted molar refractivity (Wildman–Crippen MR) is 102 cm³/mol. The highest BCUT2D eigenvalue weighted by Gasteiger charge is 2.29. The SMILES string of the molecule is O=C(c1cc(O[N+](=O)[O-])c(O[N+](=O)[O-])c(O[N+](=O)[O-])c1)c1ccc(O[N+](=O)[O-])c(O[N+](=O)[O-])c1O[N+](=O)[O-]. The predicted octanol–water partition coefficient (Wildman–Crippen LogP) is 0.341. The summed E-state index contributed by atoms with van der Waals surface area (Å²) in [6, 6.07) is 1.63. The largest absolute Gasteiger partial charge is 0.299 e. The van der Waals surface area contributed by atoms with Gasteiger partial charge in [-0.2, -0.15) is 0 Å². The van der Waals surface area contributed by atoms with Crippen LogP contribution in [0.3, 0.4) is 0 Å². The van der Waals surface area contributed by atoms with Crippen LogP contribution in [0.15, 0.2) is 24.3 Å². The van der Waals surface area contributed by atoms with Crippen molar-refractivity contribution in [2.24, 2.45) is 0 Å². The fourth-order valence-electron chi connectivity index (χ4n) is 2.53. The molecule has 0 amide bonds. The van der Waals surface area contributed by atoms with Gasteiger partial charge in [0, 0.05) is 5.56 Å². The molecule has 0 atom stereocenters. The number of carbonyl (C=O) groups is 1. The first-order chi connectivity index (χ1) is 17.7. The molecule has 0 aliphatic carbocycles. The highest BCUT2D eigenvalue weighted by Crippen LogP contribution is 2.44. The molecular formula is C13H4N6O19. The van der Waals surface area contributed by atoms with Crippen LogP contribution in [0, 0.1) is 60.7 Å². The average molecular weight is 548 g/mol. The molecule has 25 nitrogen and oxygen atoms in total.